The molecule has 3 aromatic rings. The van der Waals surface area contributed by atoms with Gasteiger partial charge in [-0.15, -0.1) is 0 Å². The summed E-state index contributed by atoms with van der Waals surface area (Å²) in [5.74, 6) is 0.748. The lowest BCUT2D eigenvalue weighted by Crippen LogP contribution is -2.49. The van der Waals surface area contributed by atoms with Gasteiger partial charge in [-0.3, -0.25) is 9.69 Å². The molecule has 1 amide bonds. The fraction of sp³-hybridized carbons (Fsp3) is 0.300. The molecule has 0 saturated carbocycles. The van der Waals surface area contributed by atoms with E-state index < -0.39 is 0 Å². The standard InChI is InChI=1S/C20H21N3O3/c24-20(15-25-16-6-2-1-3-7-16)23-12-10-22(11-13-23)14-18-17-8-4-5-9-19(17)26-21-18/h1-9H,10-15H2. The van der Waals surface area contributed by atoms with Crippen LogP contribution in [0.1, 0.15) is 5.69 Å². The van der Waals surface area contributed by atoms with E-state index in [1.54, 1.807) is 0 Å². The second-order valence-electron chi connectivity index (χ2n) is 6.38. The monoisotopic (exact) mass is 351 g/mol. The lowest BCUT2D eigenvalue weighted by Gasteiger charge is -2.34. The summed E-state index contributed by atoms with van der Waals surface area (Å²) in [6.45, 7) is 3.85. The van der Waals surface area contributed by atoms with Crippen LogP contribution >= 0.6 is 0 Å². The molecule has 0 unspecified atom stereocenters. The molecule has 2 heterocycles. The molecule has 1 fully saturated rings. The van der Waals surface area contributed by atoms with Crippen LogP contribution in [0.4, 0.5) is 0 Å². The number of benzene rings is 2. The van der Waals surface area contributed by atoms with Gasteiger partial charge in [-0.05, 0) is 24.3 Å². The van der Waals surface area contributed by atoms with Gasteiger partial charge in [0.25, 0.3) is 5.91 Å². The fourth-order valence-corrected chi connectivity index (χ4v) is 3.17. The number of para-hydroxylation sites is 2. The van der Waals surface area contributed by atoms with Gasteiger partial charge in [-0.1, -0.05) is 35.5 Å². The maximum Gasteiger partial charge on any atom is 0.260 e. The van der Waals surface area contributed by atoms with E-state index in [1.165, 1.54) is 0 Å². The number of hydrogen-bond acceptors (Lipinski definition) is 5. The first-order chi connectivity index (χ1) is 12.8. The number of ether oxygens (including phenoxy) is 1. The predicted octanol–water partition coefficient (Wildman–Crippen LogP) is 2.55. The second-order valence-corrected chi connectivity index (χ2v) is 6.38. The van der Waals surface area contributed by atoms with Crippen molar-refractivity contribution in [1.82, 2.24) is 15.0 Å². The van der Waals surface area contributed by atoms with E-state index in [4.69, 9.17) is 9.26 Å². The normalized spacial score (nSPS) is 15.3. The van der Waals surface area contributed by atoms with Gasteiger partial charge in [0.15, 0.2) is 12.2 Å². The first-order valence-electron chi connectivity index (χ1n) is 8.81. The summed E-state index contributed by atoms with van der Waals surface area (Å²) in [5.41, 5.74) is 1.77. The van der Waals surface area contributed by atoms with E-state index in [0.29, 0.717) is 13.1 Å². The highest BCUT2D eigenvalue weighted by Gasteiger charge is 2.22. The molecule has 6 nitrogen and oxygen atoms in total. The third-order valence-corrected chi connectivity index (χ3v) is 4.66. The van der Waals surface area contributed by atoms with Gasteiger partial charge < -0.3 is 14.2 Å². The zero-order chi connectivity index (χ0) is 17.8. The summed E-state index contributed by atoms with van der Waals surface area (Å²) in [6.07, 6.45) is 0. The smallest absolute Gasteiger partial charge is 0.260 e. The van der Waals surface area contributed by atoms with E-state index in [9.17, 15) is 4.79 Å². The molecule has 0 bridgehead atoms. The largest absolute Gasteiger partial charge is 0.484 e. The fourth-order valence-electron chi connectivity index (χ4n) is 3.17. The number of piperazine rings is 1. The van der Waals surface area contributed by atoms with Crippen molar-refractivity contribution in [1.29, 1.82) is 0 Å². The average Bonchev–Trinajstić information content (AvgIpc) is 3.10. The topological polar surface area (TPSA) is 58.8 Å². The molecule has 26 heavy (non-hydrogen) atoms. The lowest BCUT2D eigenvalue weighted by molar-refractivity contribution is -0.135. The Bertz CT molecular complexity index is 870. The Morgan fingerprint density at radius 3 is 2.54 bits per heavy atom. The molecule has 0 N–H and O–H groups in total. The van der Waals surface area contributed by atoms with Crippen LogP contribution < -0.4 is 4.74 Å². The maximum absolute atomic E-state index is 12.3. The molecule has 4 rings (SSSR count). The number of nitrogens with zero attached hydrogens (tertiary/aromatic N) is 3. The number of carbonyl (C=O) groups excluding carboxylic acids is 1. The summed E-state index contributed by atoms with van der Waals surface area (Å²) in [5, 5.41) is 5.25. The first kappa shape index (κ1) is 16.6. The Balaban J connectivity index is 1.28. The van der Waals surface area contributed by atoms with Crippen molar-refractivity contribution in [3.05, 3.63) is 60.3 Å². The Morgan fingerprint density at radius 1 is 1.00 bits per heavy atom. The van der Waals surface area contributed by atoms with Crippen LogP contribution in [0.5, 0.6) is 5.75 Å². The average molecular weight is 351 g/mol. The Kier molecular flexibility index (Phi) is 4.84. The highest BCUT2D eigenvalue weighted by molar-refractivity contribution is 5.79. The Morgan fingerprint density at radius 2 is 1.73 bits per heavy atom. The van der Waals surface area contributed by atoms with Crippen molar-refractivity contribution in [2.45, 2.75) is 6.54 Å². The molecular formula is C20H21N3O3. The van der Waals surface area contributed by atoms with Crippen LogP contribution in [0.3, 0.4) is 0 Å². The van der Waals surface area contributed by atoms with Crippen LogP contribution in [0.15, 0.2) is 59.1 Å². The van der Waals surface area contributed by atoms with E-state index >= 15 is 0 Å². The Hall–Kier alpha value is -2.86. The van der Waals surface area contributed by atoms with Crippen molar-refractivity contribution in [3.8, 4) is 5.75 Å². The second kappa shape index (κ2) is 7.58. The van der Waals surface area contributed by atoms with E-state index in [-0.39, 0.29) is 12.5 Å². The minimum atomic E-state index is 0.0281. The summed E-state index contributed by atoms with van der Waals surface area (Å²) < 4.78 is 10.9. The molecule has 0 spiro atoms. The van der Waals surface area contributed by atoms with Crippen LogP contribution in [-0.2, 0) is 11.3 Å². The van der Waals surface area contributed by atoms with Crippen LogP contribution in [0, 0.1) is 0 Å². The summed E-state index contributed by atoms with van der Waals surface area (Å²) in [7, 11) is 0. The van der Waals surface area contributed by atoms with Crippen molar-refractivity contribution in [2.24, 2.45) is 0 Å². The number of fused-ring (bicyclic) bond motifs is 1. The number of aromatic nitrogens is 1. The summed E-state index contributed by atoms with van der Waals surface area (Å²) in [6, 6.07) is 17.3. The molecule has 1 aliphatic heterocycles. The van der Waals surface area contributed by atoms with Crippen LogP contribution in [0.25, 0.3) is 11.0 Å². The van der Waals surface area contributed by atoms with Gasteiger partial charge in [0.05, 0.1) is 0 Å². The molecular weight excluding hydrogens is 330 g/mol. The molecule has 1 aromatic heterocycles. The van der Waals surface area contributed by atoms with Gasteiger partial charge in [-0.2, -0.15) is 0 Å². The molecule has 1 saturated heterocycles. The van der Waals surface area contributed by atoms with Crippen LogP contribution in [0.2, 0.25) is 0 Å². The van der Waals surface area contributed by atoms with Gasteiger partial charge >= 0.3 is 0 Å². The van der Waals surface area contributed by atoms with Gasteiger partial charge in [-0.25, -0.2) is 0 Å². The predicted molar refractivity (Wildman–Crippen MR) is 97.8 cm³/mol. The van der Waals surface area contributed by atoms with Crippen molar-refractivity contribution in [2.75, 3.05) is 32.8 Å². The quantitative estimate of drug-likeness (QED) is 0.707. The third kappa shape index (κ3) is 3.70. The van der Waals surface area contributed by atoms with Crippen molar-refractivity contribution < 1.29 is 14.1 Å². The number of carbonyl (C=O) groups is 1. The number of amides is 1. The molecule has 1 aliphatic rings. The Labute approximate surface area is 151 Å². The maximum atomic E-state index is 12.3. The third-order valence-electron chi connectivity index (χ3n) is 4.66. The van der Waals surface area contributed by atoms with Gasteiger partial charge in [0, 0.05) is 38.1 Å². The highest BCUT2D eigenvalue weighted by atomic mass is 16.5. The van der Waals surface area contributed by atoms with Gasteiger partial charge in [0.2, 0.25) is 0 Å². The van der Waals surface area contributed by atoms with E-state index in [0.717, 1.165) is 42.0 Å². The minimum Gasteiger partial charge on any atom is -0.484 e. The number of rotatable bonds is 5. The van der Waals surface area contributed by atoms with E-state index in [2.05, 4.69) is 10.1 Å². The molecule has 0 radical (unpaired) electrons. The summed E-state index contributed by atoms with van der Waals surface area (Å²) in [4.78, 5) is 16.5. The summed E-state index contributed by atoms with van der Waals surface area (Å²) >= 11 is 0. The van der Waals surface area contributed by atoms with Crippen LogP contribution in [-0.4, -0.2) is 53.6 Å². The molecule has 0 atom stereocenters. The molecule has 0 aliphatic carbocycles. The van der Waals surface area contributed by atoms with Gasteiger partial charge in [0.1, 0.15) is 11.4 Å². The molecule has 2 aromatic carbocycles. The molecule has 134 valence electrons. The molecule has 6 heteroatoms. The van der Waals surface area contributed by atoms with Crippen molar-refractivity contribution >= 4 is 16.9 Å². The zero-order valence-electron chi connectivity index (χ0n) is 14.5. The van der Waals surface area contributed by atoms with E-state index in [1.807, 2.05) is 59.5 Å². The highest BCUT2D eigenvalue weighted by Crippen LogP contribution is 2.19. The zero-order valence-corrected chi connectivity index (χ0v) is 14.5. The van der Waals surface area contributed by atoms with Crippen molar-refractivity contribution in [3.63, 3.8) is 0 Å². The minimum absolute atomic E-state index is 0.0281. The number of hydrogen-bond donors (Lipinski definition) is 0. The lowest BCUT2D eigenvalue weighted by atomic mass is 10.2. The first-order valence-corrected chi connectivity index (χ1v) is 8.81. The SMILES string of the molecule is O=C(COc1ccccc1)N1CCN(Cc2noc3ccccc23)CC1.